The SMILES string of the molecule is NC(Cc1cc(CP(=O)(O)O)cc(-c2ccc(O)cc2)c1)C(=O)O. The number of aromatic hydroxyl groups is 1. The molecular weight excluding hydrogens is 333 g/mol. The highest BCUT2D eigenvalue weighted by Gasteiger charge is 2.18. The lowest BCUT2D eigenvalue weighted by Gasteiger charge is -2.13. The standard InChI is InChI=1S/C16H18NO6P/c17-15(16(19)20)8-10-5-11(9-24(21,22)23)7-13(6-10)12-1-3-14(18)4-2-12/h1-7,15,18H,8-9,17H2,(H,19,20)(H2,21,22,23). The molecule has 0 aliphatic carbocycles. The summed E-state index contributed by atoms with van der Waals surface area (Å²) < 4.78 is 11.3. The highest BCUT2D eigenvalue weighted by molar-refractivity contribution is 7.50. The zero-order valence-electron chi connectivity index (χ0n) is 12.7. The summed E-state index contributed by atoms with van der Waals surface area (Å²) in [5.41, 5.74) is 7.90. The van der Waals surface area contributed by atoms with Crippen LogP contribution < -0.4 is 5.73 Å². The molecule has 0 fully saturated rings. The largest absolute Gasteiger partial charge is 0.508 e. The quantitative estimate of drug-likeness (QED) is 0.499. The van der Waals surface area contributed by atoms with Gasteiger partial charge in [-0.25, -0.2) is 0 Å². The lowest BCUT2D eigenvalue weighted by Crippen LogP contribution is -2.32. The van der Waals surface area contributed by atoms with E-state index in [0.717, 1.165) is 5.56 Å². The molecule has 24 heavy (non-hydrogen) atoms. The van der Waals surface area contributed by atoms with Crippen LogP contribution in [-0.2, 0) is 21.9 Å². The number of phenolic OH excluding ortho intramolecular Hbond substituents is 1. The zero-order chi connectivity index (χ0) is 17.9. The number of nitrogens with two attached hydrogens (primary N) is 1. The highest BCUT2D eigenvalue weighted by Crippen LogP contribution is 2.40. The van der Waals surface area contributed by atoms with Crippen LogP contribution >= 0.6 is 7.60 Å². The minimum atomic E-state index is -4.27. The van der Waals surface area contributed by atoms with E-state index in [2.05, 4.69) is 0 Å². The Labute approximate surface area is 138 Å². The summed E-state index contributed by atoms with van der Waals surface area (Å²) in [7, 11) is -4.27. The van der Waals surface area contributed by atoms with Crippen molar-refractivity contribution in [2.24, 2.45) is 5.73 Å². The number of carbonyl (C=O) groups is 1. The predicted octanol–water partition coefficient (Wildman–Crippen LogP) is 1.69. The van der Waals surface area contributed by atoms with Gasteiger partial charge in [0.25, 0.3) is 0 Å². The molecule has 0 heterocycles. The Bertz CT molecular complexity index is 784. The molecular formula is C16H18NO6P. The molecule has 1 unspecified atom stereocenters. The molecule has 0 bridgehead atoms. The van der Waals surface area contributed by atoms with Gasteiger partial charge < -0.3 is 25.7 Å². The first kappa shape index (κ1) is 18.2. The Morgan fingerprint density at radius 2 is 1.62 bits per heavy atom. The molecule has 0 saturated carbocycles. The fraction of sp³-hybridized carbons (Fsp3) is 0.188. The van der Waals surface area contributed by atoms with Crippen LogP contribution in [0, 0.1) is 0 Å². The minimum Gasteiger partial charge on any atom is -0.508 e. The fourth-order valence-corrected chi connectivity index (χ4v) is 3.03. The van der Waals surface area contributed by atoms with Crippen LogP contribution in [0.2, 0.25) is 0 Å². The summed E-state index contributed by atoms with van der Waals surface area (Å²) in [6.45, 7) is 0. The number of carboxylic acid groups (broad SMARTS) is 1. The first-order chi connectivity index (χ1) is 11.1. The van der Waals surface area contributed by atoms with Crippen LogP contribution in [-0.4, -0.2) is 32.0 Å². The van der Waals surface area contributed by atoms with Crippen molar-refractivity contribution in [3.8, 4) is 16.9 Å². The van der Waals surface area contributed by atoms with E-state index in [-0.39, 0.29) is 12.2 Å². The average Bonchev–Trinajstić information content (AvgIpc) is 2.45. The number of benzene rings is 2. The van der Waals surface area contributed by atoms with Gasteiger partial charge in [-0.15, -0.1) is 0 Å². The number of hydrogen-bond donors (Lipinski definition) is 5. The maximum Gasteiger partial charge on any atom is 0.329 e. The third kappa shape index (κ3) is 5.18. The summed E-state index contributed by atoms with van der Waals surface area (Å²) in [4.78, 5) is 29.3. The molecule has 0 amide bonds. The normalized spacial score (nSPS) is 12.8. The average molecular weight is 351 g/mol. The summed E-state index contributed by atoms with van der Waals surface area (Å²) >= 11 is 0. The van der Waals surface area contributed by atoms with Gasteiger partial charge in [0.15, 0.2) is 0 Å². The number of rotatable bonds is 6. The van der Waals surface area contributed by atoms with Crippen molar-refractivity contribution in [3.63, 3.8) is 0 Å². The topological polar surface area (TPSA) is 141 Å². The second-order valence-corrected chi connectivity index (χ2v) is 7.20. The Kier molecular flexibility index (Phi) is 5.41. The first-order valence-electron chi connectivity index (χ1n) is 7.09. The van der Waals surface area contributed by atoms with Crippen molar-refractivity contribution in [2.45, 2.75) is 18.6 Å². The van der Waals surface area contributed by atoms with Crippen molar-refractivity contribution < 1.29 is 29.4 Å². The van der Waals surface area contributed by atoms with Crippen LogP contribution in [0.1, 0.15) is 11.1 Å². The van der Waals surface area contributed by atoms with Gasteiger partial charge in [-0.05, 0) is 40.8 Å². The van der Waals surface area contributed by atoms with Gasteiger partial charge in [-0.1, -0.05) is 30.3 Å². The maximum atomic E-state index is 11.3. The van der Waals surface area contributed by atoms with E-state index < -0.39 is 25.8 Å². The number of phenols is 1. The molecule has 2 rings (SSSR count). The molecule has 0 aliphatic heterocycles. The third-order valence-corrected chi connectivity index (χ3v) is 4.19. The van der Waals surface area contributed by atoms with Crippen LogP contribution in [0.3, 0.4) is 0 Å². The monoisotopic (exact) mass is 351 g/mol. The molecule has 0 aliphatic rings. The summed E-state index contributed by atoms with van der Waals surface area (Å²) in [6, 6.07) is 10.1. The Morgan fingerprint density at radius 3 is 2.17 bits per heavy atom. The lowest BCUT2D eigenvalue weighted by atomic mass is 9.97. The number of carboxylic acids is 1. The molecule has 1 atom stereocenters. The molecule has 2 aromatic rings. The van der Waals surface area contributed by atoms with Crippen LogP contribution in [0.4, 0.5) is 0 Å². The van der Waals surface area contributed by atoms with Crippen molar-refractivity contribution in [2.75, 3.05) is 0 Å². The fourth-order valence-electron chi connectivity index (χ4n) is 2.37. The molecule has 8 heteroatoms. The molecule has 6 N–H and O–H groups in total. The Hall–Kier alpha value is -2.18. The predicted molar refractivity (Wildman–Crippen MR) is 88.6 cm³/mol. The smallest absolute Gasteiger partial charge is 0.329 e. The lowest BCUT2D eigenvalue weighted by molar-refractivity contribution is -0.138. The van der Waals surface area contributed by atoms with Crippen LogP contribution in [0.25, 0.3) is 11.1 Å². The first-order valence-corrected chi connectivity index (χ1v) is 8.89. The molecule has 0 spiro atoms. The number of hydrogen-bond acceptors (Lipinski definition) is 4. The van der Waals surface area contributed by atoms with Gasteiger partial charge in [0.2, 0.25) is 0 Å². The van der Waals surface area contributed by atoms with Gasteiger partial charge in [-0.3, -0.25) is 9.36 Å². The van der Waals surface area contributed by atoms with Crippen LogP contribution in [0.15, 0.2) is 42.5 Å². The molecule has 0 aromatic heterocycles. The van der Waals surface area contributed by atoms with Crippen molar-refractivity contribution >= 4 is 13.6 Å². The minimum absolute atomic E-state index is 0.0371. The third-order valence-electron chi connectivity index (χ3n) is 3.41. The Morgan fingerprint density at radius 1 is 1.04 bits per heavy atom. The van der Waals surface area contributed by atoms with E-state index in [0.29, 0.717) is 16.7 Å². The number of aliphatic carboxylic acids is 1. The summed E-state index contributed by atoms with van der Waals surface area (Å²) in [5, 5.41) is 18.3. The second-order valence-electron chi connectivity index (χ2n) is 5.56. The van der Waals surface area contributed by atoms with Gasteiger partial charge >= 0.3 is 13.6 Å². The molecule has 0 saturated heterocycles. The second kappa shape index (κ2) is 7.15. The van der Waals surface area contributed by atoms with E-state index in [1.807, 2.05) is 0 Å². The van der Waals surface area contributed by atoms with Gasteiger partial charge in [0.1, 0.15) is 11.8 Å². The van der Waals surface area contributed by atoms with E-state index in [1.54, 1.807) is 30.3 Å². The van der Waals surface area contributed by atoms with Crippen molar-refractivity contribution in [1.29, 1.82) is 0 Å². The molecule has 7 nitrogen and oxygen atoms in total. The van der Waals surface area contributed by atoms with E-state index in [1.165, 1.54) is 12.1 Å². The molecule has 0 radical (unpaired) electrons. The van der Waals surface area contributed by atoms with Crippen LogP contribution in [0.5, 0.6) is 5.75 Å². The molecule has 128 valence electrons. The van der Waals surface area contributed by atoms with Gasteiger partial charge in [-0.2, -0.15) is 0 Å². The highest BCUT2D eigenvalue weighted by atomic mass is 31.2. The zero-order valence-corrected chi connectivity index (χ0v) is 13.6. The maximum absolute atomic E-state index is 11.3. The van der Waals surface area contributed by atoms with Crippen molar-refractivity contribution in [3.05, 3.63) is 53.6 Å². The molecule has 2 aromatic carbocycles. The van der Waals surface area contributed by atoms with E-state index in [9.17, 15) is 24.3 Å². The van der Waals surface area contributed by atoms with E-state index >= 15 is 0 Å². The van der Waals surface area contributed by atoms with Gasteiger partial charge in [0.05, 0.1) is 6.16 Å². The van der Waals surface area contributed by atoms with E-state index in [4.69, 9.17) is 10.8 Å². The van der Waals surface area contributed by atoms with Crippen molar-refractivity contribution in [1.82, 2.24) is 0 Å². The summed E-state index contributed by atoms with van der Waals surface area (Å²) in [5.74, 6) is -1.06. The Balaban J connectivity index is 2.45. The van der Waals surface area contributed by atoms with Gasteiger partial charge in [0, 0.05) is 0 Å². The summed E-state index contributed by atoms with van der Waals surface area (Å²) in [6.07, 6.45) is -0.413.